The van der Waals surface area contributed by atoms with Crippen molar-refractivity contribution in [2.75, 3.05) is 0 Å². The number of carboxylic acid groups (broad SMARTS) is 3. The number of aromatic amines is 1. The maximum Gasteiger partial charge on any atom is 0.326 e. The molecule has 32 heavy (non-hydrogen) atoms. The number of hydrogen-bond acceptors (Lipinski definition) is 6. The SMILES string of the molecule is NC(CCC(=O)O)C(=O)NC(CC(=O)O)C(=O)NC(Cc1c[nH]c2ccccc12)C(=O)O. The van der Waals surface area contributed by atoms with Gasteiger partial charge in [-0.2, -0.15) is 0 Å². The van der Waals surface area contributed by atoms with Gasteiger partial charge < -0.3 is 36.7 Å². The number of benzene rings is 1. The lowest BCUT2D eigenvalue weighted by molar-refractivity contribution is -0.143. The number of amides is 2. The van der Waals surface area contributed by atoms with Gasteiger partial charge in [0.25, 0.3) is 0 Å². The van der Waals surface area contributed by atoms with Crippen LogP contribution in [-0.4, -0.2) is 68.2 Å². The Morgan fingerprint density at radius 2 is 1.59 bits per heavy atom. The molecule has 0 bridgehead atoms. The molecule has 0 saturated carbocycles. The first kappa shape index (κ1) is 24.3. The van der Waals surface area contributed by atoms with Crippen molar-refractivity contribution < 1.29 is 39.3 Å². The number of nitrogens with two attached hydrogens (primary N) is 1. The highest BCUT2D eigenvalue weighted by Gasteiger charge is 2.30. The van der Waals surface area contributed by atoms with E-state index < -0.39 is 60.7 Å². The predicted molar refractivity (Wildman–Crippen MR) is 111 cm³/mol. The number of hydrogen-bond donors (Lipinski definition) is 7. The van der Waals surface area contributed by atoms with Crippen LogP contribution in [0.15, 0.2) is 30.5 Å². The second-order valence-corrected chi connectivity index (χ2v) is 7.16. The molecular formula is C20H24N4O8. The molecule has 3 unspecified atom stereocenters. The van der Waals surface area contributed by atoms with E-state index in [9.17, 15) is 29.1 Å². The molecule has 2 rings (SSSR count). The summed E-state index contributed by atoms with van der Waals surface area (Å²) in [7, 11) is 0. The largest absolute Gasteiger partial charge is 0.481 e. The van der Waals surface area contributed by atoms with Gasteiger partial charge in [0, 0.05) is 29.9 Å². The molecule has 12 heteroatoms. The average molecular weight is 448 g/mol. The van der Waals surface area contributed by atoms with Crippen LogP contribution >= 0.6 is 0 Å². The van der Waals surface area contributed by atoms with E-state index in [0.29, 0.717) is 5.56 Å². The van der Waals surface area contributed by atoms with E-state index >= 15 is 0 Å². The van der Waals surface area contributed by atoms with Crippen LogP contribution in [0.3, 0.4) is 0 Å². The van der Waals surface area contributed by atoms with Crippen molar-refractivity contribution in [2.45, 2.75) is 43.8 Å². The fraction of sp³-hybridized carbons (Fsp3) is 0.350. The number of rotatable bonds is 12. The molecule has 1 heterocycles. The van der Waals surface area contributed by atoms with Gasteiger partial charge in [0.15, 0.2) is 0 Å². The Kier molecular flexibility index (Phi) is 8.30. The Morgan fingerprint density at radius 3 is 2.22 bits per heavy atom. The summed E-state index contributed by atoms with van der Waals surface area (Å²) in [6.45, 7) is 0. The Bertz CT molecular complexity index is 1020. The summed E-state index contributed by atoms with van der Waals surface area (Å²) >= 11 is 0. The number of carbonyl (C=O) groups excluding carboxylic acids is 2. The first-order valence-corrected chi connectivity index (χ1v) is 9.66. The summed E-state index contributed by atoms with van der Waals surface area (Å²) < 4.78 is 0. The van der Waals surface area contributed by atoms with Crippen LogP contribution < -0.4 is 16.4 Å². The van der Waals surface area contributed by atoms with E-state index in [2.05, 4.69) is 15.6 Å². The molecule has 0 radical (unpaired) electrons. The second-order valence-electron chi connectivity index (χ2n) is 7.16. The molecule has 0 fully saturated rings. The van der Waals surface area contributed by atoms with Crippen molar-refractivity contribution in [3.8, 4) is 0 Å². The van der Waals surface area contributed by atoms with Gasteiger partial charge in [-0.05, 0) is 18.1 Å². The number of fused-ring (bicyclic) bond motifs is 1. The van der Waals surface area contributed by atoms with E-state index in [1.165, 1.54) is 0 Å². The van der Waals surface area contributed by atoms with E-state index in [1.54, 1.807) is 30.5 Å². The summed E-state index contributed by atoms with van der Waals surface area (Å²) in [5.74, 6) is -5.86. The van der Waals surface area contributed by atoms with Gasteiger partial charge in [-0.1, -0.05) is 18.2 Å². The molecule has 172 valence electrons. The standard InChI is InChI=1S/C20H24N4O8/c21-12(5-6-16(25)26)18(29)23-14(8-17(27)28)19(30)24-15(20(31)32)7-10-9-22-13-4-2-1-3-11(10)13/h1-4,9,12,14-15,22H,5-8,21H2,(H,23,29)(H,24,30)(H,25,26)(H,27,28)(H,31,32). The Morgan fingerprint density at radius 1 is 0.938 bits per heavy atom. The lowest BCUT2D eigenvalue weighted by Crippen LogP contribution is -2.55. The third kappa shape index (κ3) is 6.80. The predicted octanol–water partition coefficient (Wildman–Crippen LogP) is -0.569. The van der Waals surface area contributed by atoms with E-state index in [-0.39, 0.29) is 12.8 Å². The Labute approximate surface area is 181 Å². The van der Waals surface area contributed by atoms with Crippen molar-refractivity contribution in [1.82, 2.24) is 15.6 Å². The zero-order valence-electron chi connectivity index (χ0n) is 16.9. The van der Waals surface area contributed by atoms with Crippen LogP contribution in [-0.2, 0) is 30.4 Å². The number of carbonyl (C=O) groups is 5. The number of para-hydroxylation sites is 1. The fourth-order valence-corrected chi connectivity index (χ4v) is 3.07. The van der Waals surface area contributed by atoms with Gasteiger partial charge in [0.05, 0.1) is 12.5 Å². The first-order chi connectivity index (χ1) is 15.1. The van der Waals surface area contributed by atoms with Gasteiger partial charge in [0.1, 0.15) is 12.1 Å². The smallest absolute Gasteiger partial charge is 0.326 e. The summed E-state index contributed by atoms with van der Waals surface area (Å²) in [6.07, 6.45) is 0.0985. The summed E-state index contributed by atoms with van der Waals surface area (Å²) in [4.78, 5) is 61.2. The van der Waals surface area contributed by atoms with Gasteiger partial charge in [-0.25, -0.2) is 4.79 Å². The highest BCUT2D eigenvalue weighted by atomic mass is 16.4. The molecular weight excluding hydrogens is 424 g/mol. The fourth-order valence-electron chi connectivity index (χ4n) is 3.07. The van der Waals surface area contributed by atoms with Gasteiger partial charge in [0.2, 0.25) is 11.8 Å². The number of nitrogens with one attached hydrogen (secondary N) is 3. The molecule has 12 nitrogen and oxygen atoms in total. The van der Waals surface area contributed by atoms with Gasteiger partial charge >= 0.3 is 17.9 Å². The first-order valence-electron chi connectivity index (χ1n) is 9.66. The summed E-state index contributed by atoms with van der Waals surface area (Å²) in [6, 6.07) is 2.90. The van der Waals surface area contributed by atoms with Crippen LogP contribution in [0.1, 0.15) is 24.8 Å². The molecule has 0 aliphatic rings. The van der Waals surface area contributed by atoms with Crippen molar-refractivity contribution in [2.24, 2.45) is 5.73 Å². The van der Waals surface area contributed by atoms with Crippen LogP contribution in [0.25, 0.3) is 10.9 Å². The molecule has 0 aliphatic carbocycles. The minimum atomic E-state index is -1.60. The molecule has 1 aromatic heterocycles. The maximum atomic E-state index is 12.6. The Balaban J connectivity index is 2.11. The van der Waals surface area contributed by atoms with Crippen LogP contribution in [0.5, 0.6) is 0 Å². The molecule has 0 aliphatic heterocycles. The quantitative estimate of drug-likeness (QED) is 0.221. The molecule has 3 atom stereocenters. The number of H-pyrrole nitrogens is 1. The van der Waals surface area contributed by atoms with Crippen molar-refractivity contribution in [1.29, 1.82) is 0 Å². The average Bonchev–Trinajstić information content (AvgIpc) is 3.13. The minimum absolute atomic E-state index is 0.0864. The van der Waals surface area contributed by atoms with E-state index in [4.69, 9.17) is 15.9 Å². The minimum Gasteiger partial charge on any atom is -0.481 e. The molecule has 2 amide bonds. The topological polar surface area (TPSA) is 212 Å². The monoisotopic (exact) mass is 448 g/mol. The van der Waals surface area contributed by atoms with Crippen LogP contribution in [0.2, 0.25) is 0 Å². The maximum absolute atomic E-state index is 12.6. The highest BCUT2D eigenvalue weighted by Crippen LogP contribution is 2.19. The second kappa shape index (κ2) is 10.9. The summed E-state index contributed by atoms with van der Waals surface area (Å²) in [5, 5.41) is 32.5. The molecule has 0 saturated heterocycles. The third-order valence-electron chi connectivity index (χ3n) is 4.73. The van der Waals surface area contributed by atoms with Crippen LogP contribution in [0.4, 0.5) is 0 Å². The lowest BCUT2D eigenvalue weighted by atomic mass is 10.0. The van der Waals surface area contributed by atoms with Crippen LogP contribution in [0, 0.1) is 0 Å². The van der Waals surface area contributed by atoms with Gasteiger partial charge in [-0.3, -0.25) is 19.2 Å². The third-order valence-corrected chi connectivity index (χ3v) is 4.73. The molecule has 8 N–H and O–H groups in total. The van der Waals surface area contributed by atoms with E-state index in [1.807, 2.05) is 0 Å². The zero-order valence-corrected chi connectivity index (χ0v) is 16.9. The molecule has 1 aromatic carbocycles. The van der Waals surface area contributed by atoms with E-state index in [0.717, 1.165) is 10.9 Å². The van der Waals surface area contributed by atoms with Crippen molar-refractivity contribution >= 4 is 40.6 Å². The van der Waals surface area contributed by atoms with Crippen molar-refractivity contribution in [3.05, 3.63) is 36.0 Å². The molecule has 0 spiro atoms. The Hall–Kier alpha value is -3.93. The lowest BCUT2D eigenvalue weighted by Gasteiger charge is -2.21. The molecule has 2 aromatic rings. The van der Waals surface area contributed by atoms with Crippen molar-refractivity contribution in [3.63, 3.8) is 0 Å². The number of carboxylic acids is 3. The normalized spacial score (nSPS) is 13.7. The zero-order chi connectivity index (χ0) is 23.8. The summed E-state index contributed by atoms with van der Waals surface area (Å²) in [5.41, 5.74) is 6.99. The number of aromatic nitrogens is 1. The highest BCUT2D eigenvalue weighted by molar-refractivity contribution is 5.94. The van der Waals surface area contributed by atoms with Gasteiger partial charge in [-0.15, -0.1) is 0 Å². The number of aliphatic carboxylic acids is 3.